The van der Waals surface area contributed by atoms with E-state index in [2.05, 4.69) is 50.3 Å². The largest absolute Gasteiger partial charge is 0.362 e. The SMILES string of the molecule is C[C@H](Nc1cncc(-n2cnc3cc(Br)ccc32)n1)c1ccccc1. The van der Waals surface area contributed by atoms with E-state index in [9.17, 15) is 0 Å². The Morgan fingerprint density at radius 2 is 1.92 bits per heavy atom. The van der Waals surface area contributed by atoms with Gasteiger partial charge in [0, 0.05) is 10.5 Å². The Hall–Kier alpha value is -2.73. The predicted octanol–water partition coefficient (Wildman–Crippen LogP) is 4.75. The maximum absolute atomic E-state index is 4.69. The quantitative estimate of drug-likeness (QED) is 0.543. The summed E-state index contributed by atoms with van der Waals surface area (Å²) in [5.41, 5.74) is 3.10. The zero-order valence-corrected chi connectivity index (χ0v) is 15.2. The first-order chi connectivity index (χ1) is 12.2. The Bertz CT molecular complexity index is 1010. The minimum Gasteiger partial charge on any atom is -0.362 e. The van der Waals surface area contributed by atoms with E-state index in [1.165, 1.54) is 5.56 Å². The molecule has 2 aromatic heterocycles. The number of anilines is 1. The lowest BCUT2D eigenvalue weighted by Crippen LogP contribution is -2.09. The van der Waals surface area contributed by atoms with Crippen molar-refractivity contribution in [3.63, 3.8) is 0 Å². The van der Waals surface area contributed by atoms with Crippen LogP contribution in [0.3, 0.4) is 0 Å². The molecule has 0 saturated heterocycles. The summed E-state index contributed by atoms with van der Waals surface area (Å²) in [6.07, 6.45) is 5.24. The molecule has 25 heavy (non-hydrogen) atoms. The van der Waals surface area contributed by atoms with Crippen LogP contribution in [-0.2, 0) is 0 Å². The van der Waals surface area contributed by atoms with Gasteiger partial charge in [0.25, 0.3) is 0 Å². The molecule has 2 heterocycles. The first kappa shape index (κ1) is 15.8. The van der Waals surface area contributed by atoms with Gasteiger partial charge in [-0.3, -0.25) is 9.55 Å². The van der Waals surface area contributed by atoms with Crippen molar-refractivity contribution in [2.45, 2.75) is 13.0 Å². The highest BCUT2D eigenvalue weighted by Gasteiger charge is 2.09. The number of hydrogen-bond donors (Lipinski definition) is 1. The lowest BCUT2D eigenvalue weighted by Gasteiger charge is -2.15. The van der Waals surface area contributed by atoms with Gasteiger partial charge < -0.3 is 5.32 Å². The molecule has 1 atom stereocenters. The van der Waals surface area contributed by atoms with E-state index in [1.807, 2.05) is 41.0 Å². The zero-order valence-electron chi connectivity index (χ0n) is 13.6. The number of nitrogens with one attached hydrogen (secondary N) is 1. The average molecular weight is 394 g/mol. The average Bonchev–Trinajstić information content (AvgIpc) is 3.05. The Labute approximate surface area is 153 Å². The number of rotatable bonds is 4. The fourth-order valence-electron chi connectivity index (χ4n) is 2.76. The lowest BCUT2D eigenvalue weighted by atomic mass is 10.1. The molecular weight excluding hydrogens is 378 g/mol. The van der Waals surface area contributed by atoms with E-state index in [0.717, 1.165) is 27.1 Å². The van der Waals surface area contributed by atoms with E-state index in [1.54, 1.807) is 18.7 Å². The maximum Gasteiger partial charge on any atom is 0.159 e. The number of benzene rings is 2. The first-order valence-corrected chi connectivity index (χ1v) is 8.76. The van der Waals surface area contributed by atoms with Crippen LogP contribution in [0.5, 0.6) is 0 Å². The summed E-state index contributed by atoms with van der Waals surface area (Å²) in [7, 11) is 0. The molecule has 0 aliphatic carbocycles. The van der Waals surface area contributed by atoms with Crippen LogP contribution in [0.2, 0.25) is 0 Å². The highest BCUT2D eigenvalue weighted by Crippen LogP contribution is 2.22. The van der Waals surface area contributed by atoms with Crippen molar-refractivity contribution in [2.75, 3.05) is 5.32 Å². The van der Waals surface area contributed by atoms with Crippen molar-refractivity contribution in [1.29, 1.82) is 0 Å². The van der Waals surface area contributed by atoms with Crippen molar-refractivity contribution >= 4 is 32.8 Å². The molecule has 0 fully saturated rings. The van der Waals surface area contributed by atoms with E-state index in [0.29, 0.717) is 0 Å². The minimum absolute atomic E-state index is 0.140. The smallest absolute Gasteiger partial charge is 0.159 e. The second kappa shape index (κ2) is 6.64. The standard InChI is InChI=1S/C19H16BrN5/c1-13(14-5-3-2-4-6-14)23-18-10-21-11-19(24-18)25-12-22-16-9-15(20)7-8-17(16)25/h2-13H,1H3,(H,23,24)/t13-/m0/s1. The molecule has 0 saturated carbocycles. The van der Waals surface area contributed by atoms with Crippen LogP contribution in [0.1, 0.15) is 18.5 Å². The van der Waals surface area contributed by atoms with Gasteiger partial charge in [0.05, 0.1) is 23.4 Å². The van der Waals surface area contributed by atoms with Crippen molar-refractivity contribution in [1.82, 2.24) is 19.5 Å². The Morgan fingerprint density at radius 1 is 1.08 bits per heavy atom. The minimum atomic E-state index is 0.140. The van der Waals surface area contributed by atoms with E-state index in [-0.39, 0.29) is 6.04 Å². The second-order valence-electron chi connectivity index (χ2n) is 5.79. The van der Waals surface area contributed by atoms with Gasteiger partial charge in [-0.1, -0.05) is 46.3 Å². The van der Waals surface area contributed by atoms with Crippen LogP contribution in [0, 0.1) is 0 Å². The molecule has 0 aliphatic rings. The van der Waals surface area contributed by atoms with Crippen LogP contribution < -0.4 is 5.32 Å². The van der Waals surface area contributed by atoms with Gasteiger partial charge in [0.15, 0.2) is 5.82 Å². The Balaban J connectivity index is 1.65. The Morgan fingerprint density at radius 3 is 2.76 bits per heavy atom. The van der Waals surface area contributed by atoms with Crippen molar-refractivity contribution in [3.05, 3.63) is 77.3 Å². The molecule has 2 aromatic carbocycles. The van der Waals surface area contributed by atoms with E-state index >= 15 is 0 Å². The number of nitrogens with zero attached hydrogens (tertiary/aromatic N) is 4. The predicted molar refractivity (Wildman–Crippen MR) is 103 cm³/mol. The molecule has 0 unspecified atom stereocenters. The molecule has 6 heteroatoms. The fourth-order valence-corrected chi connectivity index (χ4v) is 3.11. The summed E-state index contributed by atoms with van der Waals surface area (Å²) >= 11 is 3.47. The van der Waals surface area contributed by atoms with Gasteiger partial charge >= 0.3 is 0 Å². The molecule has 0 spiro atoms. The summed E-state index contributed by atoms with van der Waals surface area (Å²) in [6, 6.07) is 16.4. The summed E-state index contributed by atoms with van der Waals surface area (Å²) < 4.78 is 2.94. The molecule has 5 nitrogen and oxygen atoms in total. The molecule has 4 rings (SSSR count). The molecule has 0 amide bonds. The van der Waals surface area contributed by atoms with Crippen molar-refractivity contribution in [3.8, 4) is 5.82 Å². The van der Waals surface area contributed by atoms with Crippen LogP contribution >= 0.6 is 15.9 Å². The summed E-state index contributed by atoms with van der Waals surface area (Å²) in [6.45, 7) is 2.10. The lowest BCUT2D eigenvalue weighted by molar-refractivity contribution is 0.865. The molecule has 1 N–H and O–H groups in total. The molecular formula is C19H16BrN5. The third-order valence-corrected chi connectivity index (χ3v) is 4.54. The Kier molecular flexibility index (Phi) is 4.19. The molecule has 4 aromatic rings. The topological polar surface area (TPSA) is 55.6 Å². The molecule has 0 bridgehead atoms. The normalized spacial score (nSPS) is 12.2. The molecule has 0 aliphatic heterocycles. The van der Waals surface area contributed by atoms with Gasteiger partial charge in [-0.25, -0.2) is 9.97 Å². The first-order valence-electron chi connectivity index (χ1n) is 7.97. The van der Waals surface area contributed by atoms with Gasteiger partial charge in [0.2, 0.25) is 0 Å². The van der Waals surface area contributed by atoms with Crippen LogP contribution in [0.15, 0.2) is 71.7 Å². The molecule has 124 valence electrons. The number of halogens is 1. The van der Waals surface area contributed by atoms with Crippen LogP contribution in [0.25, 0.3) is 16.9 Å². The maximum atomic E-state index is 4.69. The summed E-state index contributed by atoms with van der Waals surface area (Å²) in [5, 5.41) is 3.40. The van der Waals surface area contributed by atoms with Crippen LogP contribution in [0.4, 0.5) is 5.82 Å². The summed E-state index contributed by atoms with van der Waals surface area (Å²) in [5.74, 6) is 1.46. The molecule has 0 radical (unpaired) electrons. The van der Waals surface area contributed by atoms with Gasteiger partial charge in [-0.2, -0.15) is 0 Å². The van der Waals surface area contributed by atoms with Gasteiger partial charge in [-0.05, 0) is 30.7 Å². The third-order valence-electron chi connectivity index (χ3n) is 4.04. The van der Waals surface area contributed by atoms with E-state index < -0.39 is 0 Å². The number of aromatic nitrogens is 4. The van der Waals surface area contributed by atoms with Crippen molar-refractivity contribution < 1.29 is 0 Å². The monoisotopic (exact) mass is 393 g/mol. The highest BCUT2D eigenvalue weighted by molar-refractivity contribution is 9.10. The summed E-state index contributed by atoms with van der Waals surface area (Å²) in [4.78, 5) is 13.5. The van der Waals surface area contributed by atoms with Crippen LogP contribution in [-0.4, -0.2) is 19.5 Å². The number of hydrogen-bond acceptors (Lipinski definition) is 4. The second-order valence-corrected chi connectivity index (χ2v) is 6.70. The fraction of sp³-hybridized carbons (Fsp3) is 0.105. The van der Waals surface area contributed by atoms with E-state index in [4.69, 9.17) is 4.98 Å². The highest BCUT2D eigenvalue weighted by atomic mass is 79.9. The van der Waals surface area contributed by atoms with Gasteiger partial charge in [0.1, 0.15) is 12.1 Å². The number of fused-ring (bicyclic) bond motifs is 1. The number of imidazole rings is 1. The third kappa shape index (κ3) is 3.25. The van der Waals surface area contributed by atoms with Crippen molar-refractivity contribution in [2.24, 2.45) is 0 Å². The zero-order chi connectivity index (χ0) is 17.2. The van der Waals surface area contributed by atoms with Gasteiger partial charge in [-0.15, -0.1) is 0 Å².